The Morgan fingerprint density at radius 1 is 1.16 bits per heavy atom. The Morgan fingerprint density at radius 2 is 1.68 bits per heavy atom. The Kier molecular flexibility index (Phi) is 6.43. The van der Waals surface area contributed by atoms with E-state index in [1.807, 2.05) is 22.6 Å². The van der Waals surface area contributed by atoms with Crippen LogP contribution in [0.3, 0.4) is 0 Å². The minimum atomic E-state index is -1.32. The van der Waals surface area contributed by atoms with Crippen molar-refractivity contribution in [3.8, 4) is 0 Å². The van der Waals surface area contributed by atoms with Crippen LogP contribution in [-0.2, 0) is 28.5 Å². The topological polar surface area (TPSA) is 91.3 Å². The van der Waals surface area contributed by atoms with Crippen LogP contribution in [-0.4, -0.2) is 59.3 Å². The van der Waals surface area contributed by atoms with E-state index in [1.54, 1.807) is 0 Å². The van der Waals surface area contributed by atoms with Crippen LogP contribution in [0.1, 0.15) is 13.8 Å². The molecule has 1 saturated heterocycles. The van der Waals surface area contributed by atoms with Crippen molar-refractivity contribution in [3.05, 3.63) is 0 Å². The van der Waals surface area contributed by atoms with E-state index < -0.39 is 42.6 Å². The minimum absolute atomic E-state index is 0.486. The fraction of sp³-hybridized carbons (Fsp3) is 0.818. The van der Waals surface area contributed by atoms with Crippen molar-refractivity contribution in [2.75, 3.05) is 11.5 Å². The number of hydrogen-bond acceptors (Lipinski definition) is 7. The van der Waals surface area contributed by atoms with Crippen molar-refractivity contribution in [2.45, 2.75) is 44.6 Å². The van der Waals surface area contributed by atoms with Crippen molar-refractivity contribution in [1.29, 1.82) is 0 Å². The minimum Gasteiger partial charge on any atom is -0.457 e. The van der Waals surface area contributed by atoms with E-state index in [-0.39, 0.29) is 0 Å². The molecule has 0 amide bonds. The standard InChI is InChI=1S/C11H17IO7/c1-5(13)17-8-7(4-12)19-11(15)10(9(8)16-3)18-6(2)14/h7-11,15H,4H2,1-3H3/t7-,8+,9-,10-,11+/m1/s1. The van der Waals surface area contributed by atoms with E-state index >= 15 is 0 Å². The van der Waals surface area contributed by atoms with Gasteiger partial charge in [-0.1, -0.05) is 22.6 Å². The number of ether oxygens (including phenoxy) is 4. The molecule has 0 aromatic heterocycles. The molecular weight excluding hydrogens is 371 g/mol. The van der Waals surface area contributed by atoms with Gasteiger partial charge in [-0.05, 0) is 0 Å². The quantitative estimate of drug-likeness (QED) is 0.413. The predicted octanol–water partition coefficient (Wildman–Crippen LogP) is 0.0170. The summed E-state index contributed by atoms with van der Waals surface area (Å²) in [6, 6.07) is 0. The average molecular weight is 388 g/mol. The molecule has 7 nitrogen and oxygen atoms in total. The Bertz CT molecular complexity index is 335. The first-order chi connectivity index (χ1) is 8.90. The summed E-state index contributed by atoms with van der Waals surface area (Å²) in [6.45, 7) is 2.48. The summed E-state index contributed by atoms with van der Waals surface area (Å²) in [7, 11) is 1.39. The second-order valence-electron chi connectivity index (χ2n) is 4.07. The first-order valence-corrected chi connectivity index (χ1v) is 7.20. The van der Waals surface area contributed by atoms with Crippen LogP contribution in [0.4, 0.5) is 0 Å². The van der Waals surface area contributed by atoms with Gasteiger partial charge in [0.1, 0.15) is 12.2 Å². The highest BCUT2D eigenvalue weighted by molar-refractivity contribution is 14.1. The fourth-order valence-electron chi connectivity index (χ4n) is 1.94. The van der Waals surface area contributed by atoms with Gasteiger partial charge in [0, 0.05) is 25.4 Å². The first-order valence-electron chi connectivity index (χ1n) is 5.67. The third-order valence-corrected chi connectivity index (χ3v) is 3.51. The van der Waals surface area contributed by atoms with E-state index in [0.717, 1.165) is 0 Å². The molecule has 0 unspecified atom stereocenters. The summed E-state index contributed by atoms with van der Waals surface area (Å²) in [5.74, 6) is -1.08. The Labute approximate surface area is 124 Å². The Hall–Kier alpha value is -0.450. The zero-order valence-corrected chi connectivity index (χ0v) is 13.0. The number of halogens is 1. The van der Waals surface area contributed by atoms with Gasteiger partial charge in [0.15, 0.2) is 18.5 Å². The van der Waals surface area contributed by atoms with Crippen molar-refractivity contribution < 1.29 is 33.6 Å². The number of carbonyl (C=O) groups excluding carboxylic acids is 2. The van der Waals surface area contributed by atoms with Gasteiger partial charge in [-0.3, -0.25) is 9.59 Å². The van der Waals surface area contributed by atoms with Crippen molar-refractivity contribution in [1.82, 2.24) is 0 Å². The molecule has 0 aromatic rings. The summed E-state index contributed by atoms with van der Waals surface area (Å²) in [4.78, 5) is 22.2. The number of carbonyl (C=O) groups is 2. The maximum Gasteiger partial charge on any atom is 0.303 e. The van der Waals surface area contributed by atoms with Crippen LogP contribution in [0.2, 0.25) is 0 Å². The van der Waals surface area contributed by atoms with E-state index in [4.69, 9.17) is 18.9 Å². The molecule has 0 bridgehead atoms. The van der Waals surface area contributed by atoms with Crippen LogP contribution in [0.5, 0.6) is 0 Å². The SMILES string of the molecule is CO[C@H]1[C@@H](OC(C)=O)[C@@H](O)O[C@H](CI)[C@@H]1OC(C)=O. The predicted molar refractivity (Wildman–Crippen MR) is 71.7 cm³/mol. The summed E-state index contributed by atoms with van der Waals surface area (Å²) in [5.41, 5.74) is 0. The molecule has 0 aromatic carbocycles. The molecule has 1 heterocycles. The maximum atomic E-state index is 11.1. The molecule has 1 fully saturated rings. The van der Waals surface area contributed by atoms with Gasteiger partial charge in [-0.25, -0.2) is 0 Å². The van der Waals surface area contributed by atoms with Crippen LogP contribution in [0.25, 0.3) is 0 Å². The average Bonchev–Trinajstić information content (AvgIpc) is 2.32. The van der Waals surface area contributed by atoms with Crippen molar-refractivity contribution in [2.24, 2.45) is 0 Å². The van der Waals surface area contributed by atoms with E-state index in [9.17, 15) is 14.7 Å². The Morgan fingerprint density at radius 3 is 2.11 bits per heavy atom. The second kappa shape index (κ2) is 7.36. The Balaban J connectivity index is 2.94. The van der Waals surface area contributed by atoms with Gasteiger partial charge in [0.05, 0.1) is 0 Å². The van der Waals surface area contributed by atoms with Crippen LogP contribution in [0.15, 0.2) is 0 Å². The van der Waals surface area contributed by atoms with Gasteiger partial charge < -0.3 is 24.1 Å². The summed E-state index contributed by atoms with van der Waals surface area (Å²) < 4.78 is 21.2. The van der Waals surface area contributed by atoms with Crippen LogP contribution >= 0.6 is 22.6 Å². The van der Waals surface area contributed by atoms with Gasteiger partial charge in [0.25, 0.3) is 0 Å². The van der Waals surface area contributed by atoms with Crippen LogP contribution in [0, 0.1) is 0 Å². The molecule has 8 heteroatoms. The number of hydrogen-bond donors (Lipinski definition) is 1. The lowest BCUT2D eigenvalue weighted by Gasteiger charge is -2.42. The van der Waals surface area contributed by atoms with Gasteiger partial charge >= 0.3 is 11.9 Å². The highest BCUT2D eigenvalue weighted by atomic mass is 127. The lowest BCUT2D eigenvalue weighted by Crippen LogP contribution is -2.61. The molecule has 0 saturated carbocycles. The van der Waals surface area contributed by atoms with Crippen molar-refractivity contribution >= 4 is 34.5 Å². The number of aliphatic hydroxyl groups is 1. The van der Waals surface area contributed by atoms with E-state index in [1.165, 1.54) is 21.0 Å². The number of methoxy groups -OCH3 is 1. The molecule has 0 radical (unpaired) electrons. The van der Waals surface area contributed by atoms with Crippen LogP contribution < -0.4 is 0 Å². The number of rotatable bonds is 4. The molecular formula is C11H17IO7. The lowest BCUT2D eigenvalue weighted by molar-refractivity contribution is -0.287. The smallest absolute Gasteiger partial charge is 0.303 e. The zero-order valence-electron chi connectivity index (χ0n) is 10.9. The number of esters is 2. The molecule has 0 spiro atoms. The zero-order chi connectivity index (χ0) is 14.6. The summed E-state index contributed by atoms with van der Waals surface area (Å²) in [5, 5.41) is 9.85. The highest BCUT2D eigenvalue weighted by Gasteiger charge is 2.49. The van der Waals surface area contributed by atoms with Gasteiger partial charge in [0.2, 0.25) is 0 Å². The first kappa shape index (κ1) is 16.6. The van der Waals surface area contributed by atoms with E-state index in [0.29, 0.717) is 4.43 Å². The van der Waals surface area contributed by atoms with Crippen molar-refractivity contribution in [3.63, 3.8) is 0 Å². The molecule has 110 valence electrons. The van der Waals surface area contributed by atoms with Gasteiger partial charge in [-0.2, -0.15) is 0 Å². The number of alkyl halides is 1. The molecule has 1 aliphatic rings. The normalized spacial score (nSPS) is 34.7. The molecule has 1 rings (SSSR count). The van der Waals surface area contributed by atoms with E-state index in [2.05, 4.69) is 0 Å². The third-order valence-electron chi connectivity index (χ3n) is 2.64. The molecule has 1 N–H and O–H groups in total. The molecule has 19 heavy (non-hydrogen) atoms. The maximum absolute atomic E-state index is 11.1. The molecule has 0 aliphatic carbocycles. The fourth-order valence-corrected chi connectivity index (χ4v) is 2.65. The summed E-state index contributed by atoms with van der Waals surface area (Å²) in [6.07, 6.45) is -4.41. The lowest BCUT2D eigenvalue weighted by atomic mass is 9.99. The second-order valence-corrected chi connectivity index (χ2v) is 4.95. The summed E-state index contributed by atoms with van der Waals surface area (Å²) >= 11 is 2.05. The van der Waals surface area contributed by atoms with Gasteiger partial charge in [-0.15, -0.1) is 0 Å². The molecule has 5 atom stereocenters. The molecule has 1 aliphatic heterocycles. The number of aliphatic hydroxyl groups excluding tert-OH is 1. The monoisotopic (exact) mass is 388 g/mol. The largest absolute Gasteiger partial charge is 0.457 e. The third kappa shape index (κ3) is 4.26. The highest BCUT2D eigenvalue weighted by Crippen LogP contribution is 2.28.